The lowest BCUT2D eigenvalue weighted by Gasteiger charge is -2.16. The highest BCUT2D eigenvalue weighted by Crippen LogP contribution is 2.31. The number of furan rings is 1. The molecule has 0 unspecified atom stereocenters. The Labute approximate surface area is 200 Å². The van der Waals surface area contributed by atoms with Crippen LogP contribution in [0.5, 0.6) is 0 Å². The Morgan fingerprint density at radius 1 is 1.27 bits per heavy atom. The monoisotopic (exact) mass is 484 g/mol. The molecule has 0 N–H and O–H groups in total. The number of esters is 1. The zero-order chi connectivity index (χ0) is 23.2. The molecule has 0 aliphatic carbocycles. The molecule has 1 aliphatic heterocycles. The van der Waals surface area contributed by atoms with E-state index in [0.29, 0.717) is 23.9 Å². The summed E-state index contributed by atoms with van der Waals surface area (Å²) in [5.74, 6) is 2.20. The van der Waals surface area contributed by atoms with Crippen molar-refractivity contribution in [2.75, 3.05) is 25.2 Å². The molecule has 0 spiro atoms. The van der Waals surface area contributed by atoms with E-state index >= 15 is 0 Å². The number of carbonyl (C=O) groups excluding carboxylic acids is 2. The molecule has 1 aliphatic rings. The molecule has 10 heteroatoms. The smallest absolute Gasteiger partial charge is 0.333 e. The highest BCUT2D eigenvalue weighted by molar-refractivity contribution is 8.04. The second-order valence-electron chi connectivity index (χ2n) is 7.31. The largest absolute Gasteiger partial charge is 0.469 e. The van der Waals surface area contributed by atoms with Crippen LogP contribution in [0.2, 0.25) is 0 Å². The van der Waals surface area contributed by atoms with Gasteiger partial charge in [0.2, 0.25) is 5.91 Å². The third-order valence-corrected chi connectivity index (χ3v) is 7.19. The average molecular weight is 485 g/mol. The number of amides is 1. The maximum atomic E-state index is 12.2. The van der Waals surface area contributed by atoms with Gasteiger partial charge < -0.3 is 14.1 Å². The predicted octanol–water partition coefficient (Wildman–Crippen LogP) is 3.97. The summed E-state index contributed by atoms with van der Waals surface area (Å²) in [5, 5.41) is 10.3. The fourth-order valence-corrected chi connectivity index (χ4v) is 5.25. The quantitative estimate of drug-likeness (QED) is 0.195. The van der Waals surface area contributed by atoms with Gasteiger partial charge >= 0.3 is 5.97 Å². The number of hydrogen-bond donors (Lipinski definition) is 0. The number of benzene rings is 1. The third kappa shape index (κ3) is 5.51. The zero-order valence-electron chi connectivity index (χ0n) is 18.4. The minimum Gasteiger partial charge on any atom is -0.469 e. The van der Waals surface area contributed by atoms with E-state index in [2.05, 4.69) is 31.6 Å². The molecule has 172 valence electrons. The first-order chi connectivity index (χ1) is 16.1. The van der Waals surface area contributed by atoms with Gasteiger partial charge in [0.1, 0.15) is 5.76 Å². The van der Waals surface area contributed by atoms with Gasteiger partial charge in [0.15, 0.2) is 11.0 Å². The molecular weight excluding hydrogens is 460 g/mol. The van der Waals surface area contributed by atoms with Crippen LogP contribution in [0.15, 0.2) is 63.3 Å². The fraction of sp³-hybridized carbons (Fsp3) is 0.304. The normalized spacial score (nSPS) is 14.9. The van der Waals surface area contributed by atoms with E-state index in [-0.39, 0.29) is 5.91 Å². The van der Waals surface area contributed by atoms with Crippen molar-refractivity contribution in [3.63, 3.8) is 0 Å². The van der Waals surface area contributed by atoms with Gasteiger partial charge in [-0.3, -0.25) is 9.36 Å². The molecule has 0 radical (unpaired) electrons. The molecule has 33 heavy (non-hydrogen) atoms. The number of nitrogens with zero attached hydrogens (tertiary/aromatic N) is 4. The molecule has 4 rings (SSSR count). The average Bonchev–Trinajstić information content (AvgIpc) is 3.51. The minimum absolute atomic E-state index is 0.00474. The Balaban J connectivity index is 1.45. The van der Waals surface area contributed by atoms with Crippen molar-refractivity contribution < 1.29 is 18.7 Å². The van der Waals surface area contributed by atoms with Gasteiger partial charge in [0.25, 0.3) is 0 Å². The van der Waals surface area contributed by atoms with E-state index in [1.165, 1.54) is 24.9 Å². The van der Waals surface area contributed by atoms with Gasteiger partial charge in [-0.1, -0.05) is 53.9 Å². The maximum Gasteiger partial charge on any atom is 0.333 e. The Morgan fingerprint density at radius 2 is 2.09 bits per heavy atom. The number of aromatic nitrogens is 3. The lowest BCUT2D eigenvalue weighted by molar-refractivity contribution is -0.134. The predicted molar refractivity (Wildman–Crippen MR) is 128 cm³/mol. The number of ether oxygens (including phenoxy) is 1. The van der Waals surface area contributed by atoms with E-state index < -0.39 is 5.97 Å². The molecule has 2 aromatic heterocycles. The third-order valence-electron chi connectivity index (χ3n) is 5.11. The summed E-state index contributed by atoms with van der Waals surface area (Å²) in [5.41, 5.74) is 2.07. The molecule has 0 atom stereocenters. The van der Waals surface area contributed by atoms with E-state index in [1.807, 2.05) is 31.2 Å². The highest BCUT2D eigenvalue weighted by Gasteiger charge is 2.27. The summed E-state index contributed by atoms with van der Waals surface area (Å²) in [7, 11) is 1.33. The lowest BCUT2D eigenvalue weighted by atomic mass is 10.2. The summed E-state index contributed by atoms with van der Waals surface area (Å²) in [6.45, 7) is 3.08. The second-order valence-corrected chi connectivity index (χ2v) is 9.37. The number of methoxy groups -OCH3 is 1. The summed E-state index contributed by atoms with van der Waals surface area (Å²) in [4.78, 5) is 25.4. The van der Waals surface area contributed by atoms with Gasteiger partial charge in [0.05, 0.1) is 42.3 Å². The molecule has 0 bridgehead atoms. The molecule has 1 amide bonds. The standard InChI is InChI=1S/C23H24N4O4S2/c1-16-18(9-11-31-16)22-24-25-23(27(22)14-17-7-4-3-5-8-17)32-12-6-10-26-19(28)15-33-20(26)13-21(29)30-2/h3-5,7-9,11,13H,6,10,12,14-15H2,1-2H3/b20-13+. The molecule has 8 nitrogen and oxygen atoms in total. The van der Waals surface area contributed by atoms with Gasteiger partial charge in [-0.05, 0) is 25.0 Å². The number of carbonyl (C=O) groups is 2. The topological polar surface area (TPSA) is 90.5 Å². The molecule has 3 heterocycles. The summed E-state index contributed by atoms with van der Waals surface area (Å²) >= 11 is 2.96. The Kier molecular flexibility index (Phi) is 7.56. The fourth-order valence-electron chi connectivity index (χ4n) is 3.43. The number of aryl methyl sites for hydroxylation is 1. The Hall–Kier alpha value is -2.98. The lowest BCUT2D eigenvalue weighted by Crippen LogP contribution is -2.26. The first kappa shape index (κ1) is 23.2. The van der Waals surface area contributed by atoms with Crippen LogP contribution in [0.3, 0.4) is 0 Å². The summed E-state index contributed by atoms with van der Waals surface area (Å²) in [6.07, 6.45) is 3.77. The summed E-state index contributed by atoms with van der Waals surface area (Å²) < 4.78 is 12.3. The zero-order valence-corrected chi connectivity index (χ0v) is 20.0. The van der Waals surface area contributed by atoms with Crippen LogP contribution in [0.25, 0.3) is 11.4 Å². The maximum absolute atomic E-state index is 12.2. The SMILES string of the molecule is COC(=O)/C=C1/SCC(=O)N1CCCSc1nnc(-c2ccoc2C)n1Cc1ccccc1. The summed E-state index contributed by atoms with van der Waals surface area (Å²) in [6, 6.07) is 12.1. The van der Waals surface area contributed by atoms with Crippen molar-refractivity contribution in [1.29, 1.82) is 0 Å². The van der Waals surface area contributed by atoms with Gasteiger partial charge in [-0.2, -0.15) is 0 Å². The first-order valence-corrected chi connectivity index (χ1v) is 12.4. The van der Waals surface area contributed by atoms with Crippen molar-refractivity contribution in [2.45, 2.75) is 25.0 Å². The molecule has 0 saturated carbocycles. The van der Waals surface area contributed by atoms with Crippen LogP contribution in [-0.4, -0.2) is 56.7 Å². The van der Waals surface area contributed by atoms with Gasteiger partial charge in [-0.15, -0.1) is 10.2 Å². The van der Waals surface area contributed by atoms with Crippen molar-refractivity contribution in [3.8, 4) is 11.4 Å². The van der Waals surface area contributed by atoms with Crippen molar-refractivity contribution in [3.05, 3.63) is 65.1 Å². The first-order valence-electron chi connectivity index (χ1n) is 10.4. The van der Waals surface area contributed by atoms with E-state index in [9.17, 15) is 9.59 Å². The number of thioether (sulfide) groups is 2. The van der Waals surface area contributed by atoms with Crippen LogP contribution in [0.4, 0.5) is 0 Å². The van der Waals surface area contributed by atoms with Crippen LogP contribution in [0.1, 0.15) is 17.7 Å². The van der Waals surface area contributed by atoms with E-state index in [1.54, 1.807) is 22.9 Å². The highest BCUT2D eigenvalue weighted by atomic mass is 32.2. The van der Waals surface area contributed by atoms with Crippen LogP contribution >= 0.6 is 23.5 Å². The molecule has 1 saturated heterocycles. The second kappa shape index (κ2) is 10.8. The van der Waals surface area contributed by atoms with Crippen LogP contribution in [-0.2, 0) is 20.9 Å². The number of rotatable bonds is 9. The van der Waals surface area contributed by atoms with Crippen molar-refractivity contribution >= 4 is 35.4 Å². The number of hydrogen-bond acceptors (Lipinski definition) is 8. The molecule has 1 aromatic carbocycles. The molecular formula is C23H24N4O4S2. The van der Waals surface area contributed by atoms with Crippen LogP contribution < -0.4 is 0 Å². The van der Waals surface area contributed by atoms with E-state index in [0.717, 1.165) is 40.0 Å². The Bertz CT molecular complexity index is 1160. The van der Waals surface area contributed by atoms with Gasteiger partial charge in [-0.25, -0.2) is 4.79 Å². The molecule has 1 fully saturated rings. The van der Waals surface area contributed by atoms with E-state index in [4.69, 9.17) is 4.42 Å². The van der Waals surface area contributed by atoms with Crippen molar-refractivity contribution in [2.24, 2.45) is 0 Å². The Morgan fingerprint density at radius 3 is 2.82 bits per heavy atom. The van der Waals surface area contributed by atoms with Gasteiger partial charge in [0, 0.05) is 12.3 Å². The minimum atomic E-state index is -0.456. The van der Waals surface area contributed by atoms with Crippen molar-refractivity contribution in [1.82, 2.24) is 19.7 Å². The molecule has 3 aromatic rings. The van der Waals surface area contributed by atoms with Crippen LogP contribution in [0, 0.1) is 6.92 Å².